The Hall–Kier alpha value is -2.58. The molecule has 0 aliphatic rings. The first kappa shape index (κ1) is 19.7. The number of aliphatic hydroxyl groups excluding tert-OH is 1. The minimum absolute atomic E-state index is 0.0921. The van der Waals surface area contributed by atoms with Gasteiger partial charge in [-0.25, -0.2) is 18.7 Å². The van der Waals surface area contributed by atoms with Gasteiger partial charge in [0.25, 0.3) is 5.91 Å². The summed E-state index contributed by atoms with van der Waals surface area (Å²) in [4.78, 5) is 16.8. The maximum Gasteiger partial charge on any atom is 0.277 e. The van der Waals surface area contributed by atoms with Crippen LogP contribution < -0.4 is 10.8 Å². The van der Waals surface area contributed by atoms with Crippen LogP contribution in [0.1, 0.15) is 35.7 Å². The summed E-state index contributed by atoms with van der Waals surface area (Å²) >= 11 is 0. The number of hydrogen-bond donors (Lipinski definition) is 3. The summed E-state index contributed by atoms with van der Waals surface area (Å²) in [6.45, 7) is 3.27. The summed E-state index contributed by atoms with van der Waals surface area (Å²) in [7, 11) is 0. The van der Waals surface area contributed by atoms with Crippen LogP contribution in [0.3, 0.4) is 0 Å². The molecule has 5 nitrogen and oxygen atoms in total. The summed E-state index contributed by atoms with van der Waals surface area (Å²) < 4.78 is 42.1. The first-order valence-corrected chi connectivity index (χ1v) is 7.92. The van der Waals surface area contributed by atoms with Gasteiger partial charge in [0.1, 0.15) is 5.82 Å². The molecule has 2 aromatic carbocycles. The fourth-order valence-corrected chi connectivity index (χ4v) is 2.21. The molecule has 0 atom stereocenters. The second-order valence-electron chi connectivity index (χ2n) is 5.81. The molecular formula is C18H19F3N2O3. The van der Waals surface area contributed by atoms with Crippen LogP contribution in [0.4, 0.5) is 24.5 Å². The summed E-state index contributed by atoms with van der Waals surface area (Å²) in [6.07, 6.45) is 0. The Kier molecular flexibility index (Phi) is 6.59. The average Bonchev–Trinajstić information content (AvgIpc) is 2.60. The Morgan fingerprint density at radius 3 is 2.50 bits per heavy atom. The van der Waals surface area contributed by atoms with E-state index in [1.807, 2.05) is 19.3 Å². The molecule has 0 aromatic heterocycles. The summed E-state index contributed by atoms with van der Waals surface area (Å²) in [5.41, 5.74) is 1.82. The number of benzene rings is 2. The van der Waals surface area contributed by atoms with Gasteiger partial charge in [-0.1, -0.05) is 19.9 Å². The van der Waals surface area contributed by atoms with Crippen molar-refractivity contribution in [3.05, 3.63) is 58.9 Å². The SMILES string of the molecule is CC(C)c1ccc(Nc2c(C(=O)NOCCO)ccc(F)c2F)c(F)c1. The number of halogens is 3. The minimum atomic E-state index is -1.33. The van der Waals surface area contributed by atoms with E-state index in [4.69, 9.17) is 5.11 Å². The Labute approximate surface area is 148 Å². The highest BCUT2D eigenvalue weighted by atomic mass is 19.2. The van der Waals surface area contributed by atoms with E-state index in [2.05, 4.69) is 10.2 Å². The predicted octanol–water partition coefficient (Wildman–Crippen LogP) is 3.62. The van der Waals surface area contributed by atoms with Crippen molar-refractivity contribution in [1.29, 1.82) is 0 Å². The second kappa shape index (κ2) is 8.68. The minimum Gasteiger partial charge on any atom is -0.394 e. The smallest absolute Gasteiger partial charge is 0.277 e. The number of hydrogen-bond acceptors (Lipinski definition) is 4. The fourth-order valence-electron chi connectivity index (χ4n) is 2.21. The molecule has 140 valence electrons. The lowest BCUT2D eigenvalue weighted by molar-refractivity contribution is 0.0168. The first-order valence-electron chi connectivity index (χ1n) is 7.92. The molecule has 2 rings (SSSR count). The van der Waals surface area contributed by atoms with E-state index in [-0.39, 0.29) is 30.4 Å². The van der Waals surface area contributed by atoms with Crippen LogP contribution in [-0.4, -0.2) is 24.2 Å². The average molecular weight is 368 g/mol. The van der Waals surface area contributed by atoms with Crippen LogP contribution >= 0.6 is 0 Å². The molecule has 0 aliphatic carbocycles. The number of carbonyl (C=O) groups excluding carboxylic acids is 1. The number of amides is 1. The van der Waals surface area contributed by atoms with E-state index in [1.54, 1.807) is 6.07 Å². The summed E-state index contributed by atoms with van der Waals surface area (Å²) in [5, 5.41) is 11.1. The molecule has 0 aliphatic heterocycles. The molecular weight excluding hydrogens is 349 g/mol. The zero-order valence-electron chi connectivity index (χ0n) is 14.3. The van der Waals surface area contributed by atoms with Crippen LogP contribution in [0.5, 0.6) is 0 Å². The maximum absolute atomic E-state index is 14.3. The molecule has 26 heavy (non-hydrogen) atoms. The summed E-state index contributed by atoms with van der Waals surface area (Å²) in [5.74, 6) is -3.97. The van der Waals surface area contributed by atoms with Gasteiger partial charge in [-0.15, -0.1) is 0 Å². The van der Waals surface area contributed by atoms with Gasteiger partial charge in [0.05, 0.1) is 30.2 Å². The fraction of sp³-hybridized carbons (Fsp3) is 0.278. The van der Waals surface area contributed by atoms with Crippen molar-refractivity contribution in [2.75, 3.05) is 18.5 Å². The molecule has 0 saturated carbocycles. The van der Waals surface area contributed by atoms with E-state index in [1.165, 1.54) is 12.1 Å². The van der Waals surface area contributed by atoms with Gasteiger partial charge in [0.2, 0.25) is 0 Å². The highest BCUT2D eigenvalue weighted by Gasteiger charge is 2.20. The topological polar surface area (TPSA) is 70.6 Å². The first-order chi connectivity index (χ1) is 12.3. The largest absolute Gasteiger partial charge is 0.394 e. The molecule has 8 heteroatoms. The van der Waals surface area contributed by atoms with Gasteiger partial charge < -0.3 is 10.4 Å². The standard InChI is InChI=1S/C18H19F3N2O3/c1-10(2)11-3-6-15(14(20)9-11)22-17-12(4-5-13(19)16(17)21)18(25)23-26-8-7-24/h3-6,9-10,22,24H,7-8H2,1-2H3,(H,23,25). The zero-order chi connectivity index (χ0) is 19.3. The van der Waals surface area contributed by atoms with Crippen molar-refractivity contribution in [3.63, 3.8) is 0 Å². The molecule has 0 bridgehead atoms. The van der Waals surface area contributed by atoms with Crippen LogP contribution in [0.15, 0.2) is 30.3 Å². The molecule has 1 amide bonds. The van der Waals surface area contributed by atoms with Crippen molar-refractivity contribution in [1.82, 2.24) is 5.48 Å². The van der Waals surface area contributed by atoms with Crippen LogP contribution in [0, 0.1) is 17.5 Å². The number of anilines is 2. The highest BCUT2D eigenvalue weighted by molar-refractivity contribution is 5.99. The van der Waals surface area contributed by atoms with Crippen molar-refractivity contribution in [2.24, 2.45) is 0 Å². The molecule has 0 saturated heterocycles. The second-order valence-corrected chi connectivity index (χ2v) is 5.81. The van der Waals surface area contributed by atoms with Crippen LogP contribution in [-0.2, 0) is 4.84 Å². The van der Waals surface area contributed by atoms with Crippen molar-refractivity contribution >= 4 is 17.3 Å². The highest BCUT2D eigenvalue weighted by Crippen LogP contribution is 2.29. The van der Waals surface area contributed by atoms with Gasteiger partial charge in [-0.2, -0.15) is 0 Å². The number of carbonyl (C=O) groups is 1. The molecule has 3 N–H and O–H groups in total. The lowest BCUT2D eigenvalue weighted by atomic mass is 10.0. The maximum atomic E-state index is 14.3. The lowest BCUT2D eigenvalue weighted by Crippen LogP contribution is -2.26. The van der Waals surface area contributed by atoms with Gasteiger partial charge >= 0.3 is 0 Å². The van der Waals surface area contributed by atoms with Crippen molar-refractivity contribution < 1.29 is 27.9 Å². The molecule has 0 fully saturated rings. The zero-order valence-corrected chi connectivity index (χ0v) is 14.3. The third-order valence-electron chi connectivity index (χ3n) is 3.62. The Morgan fingerprint density at radius 1 is 1.15 bits per heavy atom. The van der Waals surface area contributed by atoms with Crippen molar-refractivity contribution in [2.45, 2.75) is 19.8 Å². The normalized spacial score (nSPS) is 10.9. The summed E-state index contributed by atoms with van der Waals surface area (Å²) in [6, 6.07) is 6.14. The van der Waals surface area contributed by atoms with E-state index in [0.29, 0.717) is 0 Å². The number of hydroxylamine groups is 1. The molecule has 0 spiro atoms. The predicted molar refractivity (Wildman–Crippen MR) is 90.6 cm³/mol. The third kappa shape index (κ3) is 4.53. The van der Waals surface area contributed by atoms with Gasteiger partial charge in [0, 0.05) is 0 Å². The number of nitrogens with one attached hydrogen (secondary N) is 2. The Morgan fingerprint density at radius 2 is 1.88 bits per heavy atom. The van der Waals surface area contributed by atoms with Crippen LogP contribution in [0.25, 0.3) is 0 Å². The van der Waals surface area contributed by atoms with E-state index in [9.17, 15) is 18.0 Å². The molecule has 0 unspecified atom stereocenters. The third-order valence-corrected chi connectivity index (χ3v) is 3.62. The van der Waals surface area contributed by atoms with Gasteiger partial charge in [-0.3, -0.25) is 9.63 Å². The van der Waals surface area contributed by atoms with E-state index in [0.717, 1.165) is 17.7 Å². The monoisotopic (exact) mass is 368 g/mol. The Bertz CT molecular complexity index is 797. The lowest BCUT2D eigenvalue weighted by Gasteiger charge is -2.15. The number of aliphatic hydroxyl groups is 1. The van der Waals surface area contributed by atoms with Gasteiger partial charge in [0.15, 0.2) is 11.6 Å². The van der Waals surface area contributed by atoms with E-state index >= 15 is 0 Å². The molecule has 0 radical (unpaired) electrons. The molecule has 2 aromatic rings. The quantitative estimate of drug-likeness (QED) is 0.516. The van der Waals surface area contributed by atoms with E-state index < -0.39 is 29.0 Å². The van der Waals surface area contributed by atoms with Crippen LogP contribution in [0.2, 0.25) is 0 Å². The molecule has 0 heterocycles. The van der Waals surface area contributed by atoms with Crippen molar-refractivity contribution in [3.8, 4) is 0 Å². The Balaban J connectivity index is 2.36. The van der Waals surface area contributed by atoms with Gasteiger partial charge in [-0.05, 0) is 35.7 Å². The number of rotatable bonds is 7.